The number of unbranched alkanes of at least 4 members (excludes halogenated alkanes) is 2. The molecule has 1 saturated heterocycles. The van der Waals surface area contributed by atoms with Crippen molar-refractivity contribution in [1.29, 1.82) is 0 Å². The lowest BCUT2D eigenvalue weighted by Crippen LogP contribution is -2.56. The SMILES string of the molecule is C=C/C=C(\C=C)CN1CCN(C(=O)[C@H](Cc2ccccc2)N(Cc2ccc(CCCCC)cc2)C(=O)/C=C/c2ccc(C(F)(F)F)cc2)CC1. The Hall–Kier alpha value is -4.69. The van der Waals surface area contributed by atoms with Crippen molar-refractivity contribution in [3.05, 3.63) is 150 Å². The van der Waals surface area contributed by atoms with E-state index in [2.05, 4.69) is 37.1 Å². The van der Waals surface area contributed by atoms with Crippen LogP contribution in [0.15, 0.2) is 122 Å². The summed E-state index contributed by atoms with van der Waals surface area (Å²) in [4.78, 5) is 34.3. The van der Waals surface area contributed by atoms with Crippen molar-refractivity contribution in [2.45, 2.75) is 57.8 Å². The minimum Gasteiger partial charge on any atom is -0.338 e. The normalized spacial score (nSPS) is 14.8. The Bertz CT molecular complexity index is 1600. The minimum absolute atomic E-state index is 0.133. The summed E-state index contributed by atoms with van der Waals surface area (Å²) in [6.07, 6.45) is 8.59. The third-order valence-electron chi connectivity index (χ3n) is 9.00. The van der Waals surface area contributed by atoms with Crippen molar-refractivity contribution in [3.8, 4) is 0 Å². The second kappa shape index (κ2) is 18.9. The average molecular weight is 684 g/mol. The van der Waals surface area contributed by atoms with E-state index >= 15 is 0 Å². The standard InChI is InChI=1S/C42H48F3N3O2/c1-4-7-9-13-34-16-18-37(19-17-34)32-48(40(49)25-22-35-20-23-38(24-21-35)42(43,44)45)39(30-36-14-10-8-11-15-36)41(50)47-28-26-46(27-29-47)31-33(6-3)12-5-2/h5-6,8,10-12,14-25,39H,2-4,7,9,13,26-32H2,1H3/b25-22+,33-12+/t39-/m0/s1. The van der Waals surface area contributed by atoms with Gasteiger partial charge < -0.3 is 9.80 Å². The first-order valence-electron chi connectivity index (χ1n) is 17.3. The highest BCUT2D eigenvalue weighted by Gasteiger charge is 2.34. The van der Waals surface area contributed by atoms with Crippen molar-refractivity contribution in [3.63, 3.8) is 0 Å². The maximum atomic E-state index is 14.5. The molecular weight excluding hydrogens is 635 g/mol. The second-order valence-electron chi connectivity index (χ2n) is 12.7. The number of halogens is 3. The monoisotopic (exact) mass is 683 g/mol. The van der Waals surface area contributed by atoms with Gasteiger partial charge >= 0.3 is 6.18 Å². The van der Waals surface area contributed by atoms with E-state index in [-0.39, 0.29) is 12.5 Å². The van der Waals surface area contributed by atoms with E-state index in [1.807, 2.05) is 59.5 Å². The molecule has 1 aliphatic rings. The molecule has 3 aromatic rings. The summed E-state index contributed by atoms with van der Waals surface area (Å²) in [6, 6.07) is 21.7. The van der Waals surface area contributed by atoms with Gasteiger partial charge in [0.15, 0.2) is 0 Å². The Morgan fingerprint density at radius 1 is 0.860 bits per heavy atom. The highest BCUT2D eigenvalue weighted by atomic mass is 19.4. The molecule has 1 atom stereocenters. The van der Waals surface area contributed by atoms with Gasteiger partial charge in [-0.3, -0.25) is 14.5 Å². The summed E-state index contributed by atoms with van der Waals surface area (Å²) < 4.78 is 39.4. The quantitative estimate of drug-likeness (QED) is 0.0864. The predicted octanol–water partition coefficient (Wildman–Crippen LogP) is 8.53. The zero-order valence-corrected chi connectivity index (χ0v) is 29.0. The number of aryl methyl sites for hydroxylation is 1. The number of amides is 2. The van der Waals surface area contributed by atoms with Gasteiger partial charge in [-0.15, -0.1) is 0 Å². The Labute approximate surface area is 295 Å². The van der Waals surface area contributed by atoms with Crippen LogP contribution < -0.4 is 0 Å². The van der Waals surface area contributed by atoms with Crippen molar-refractivity contribution in [2.24, 2.45) is 0 Å². The molecule has 0 aromatic heterocycles. The molecule has 0 aliphatic carbocycles. The molecule has 1 aliphatic heterocycles. The van der Waals surface area contributed by atoms with Crippen LogP contribution in [0.3, 0.4) is 0 Å². The molecule has 4 rings (SSSR count). The average Bonchev–Trinajstić information content (AvgIpc) is 3.13. The van der Waals surface area contributed by atoms with Gasteiger partial charge in [-0.25, -0.2) is 0 Å². The van der Waals surface area contributed by atoms with Crippen LogP contribution in [0.5, 0.6) is 0 Å². The third kappa shape index (κ3) is 11.4. The molecule has 2 amide bonds. The molecule has 0 radical (unpaired) electrons. The van der Waals surface area contributed by atoms with Crippen molar-refractivity contribution >= 4 is 17.9 Å². The molecule has 50 heavy (non-hydrogen) atoms. The lowest BCUT2D eigenvalue weighted by molar-refractivity contribution is -0.145. The number of benzene rings is 3. The van der Waals surface area contributed by atoms with Crippen LogP contribution in [0, 0.1) is 0 Å². The zero-order valence-electron chi connectivity index (χ0n) is 29.0. The summed E-state index contributed by atoms with van der Waals surface area (Å²) in [5, 5.41) is 0. The zero-order chi connectivity index (χ0) is 35.9. The predicted molar refractivity (Wildman–Crippen MR) is 196 cm³/mol. The minimum atomic E-state index is -4.45. The number of carbonyl (C=O) groups is 2. The summed E-state index contributed by atoms with van der Waals surface area (Å²) in [5.74, 6) is -0.526. The number of nitrogens with zero attached hydrogens (tertiary/aromatic N) is 3. The highest BCUT2D eigenvalue weighted by Crippen LogP contribution is 2.29. The first-order valence-corrected chi connectivity index (χ1v) is 17.3. The number of allylic oxidation sites excluding steroid dienone is 2. The third-order valence-corrected chi connectivity index (χ3v) is 9.00. The Balaban J connectivity index is 1.63. The van der Waals surface area contributed by atoms with Crippen LogP contribution in [0.2, 0.25) is 0 Å². The highest BCUT2D eigenvalue weighted by molar-refractivity contribution is 5.95. The van der Waals surface area contributed by atoms with Crippen molar-refractivity contribution in [2.75, 3.05) is 32.7 Å². The molecule has 264 valence electrons. The molecule has 0 N–H and O–H groups in total. The van der Waals surface area contributed by atoms with Crippen LogP contribution in [0.4, 0.5) is 13.2 Å². The molecule has 0 spiro atoms. The lowest BCUT2D eigenvalue weighted by Gasteiger charge is -2.39. The molecule has 1 heterocycles. The molecule has 3 aromatic carbocycles. The fourth-order valence-corrected chi connectivity index (χ4v) is 6.08. The molecule has 8 heteroatoms. The van der Waals surface area contributed by atoms with Crippen LogP contribution in [-0.4, -0.2) is 65.3 Å². The summed E-state index contributed by atoms with van der Waals surface area (Å²) in [7, 11) is 0. The van der Waals surface area contributed by atoms with E-state index in [0.29, 0.717) is 44.7 Å². The Kier molecular flexibility index (Phi) is 14.4. The van der Waals surface area contributed by atoms with Gasteiger partial charge in [0.05, 0.1) is 5.56 Å². The molecule has 0 unspecified atom stereocenters. The van der Waals surface area contributed by atoms with Gasteiger partial charge in [-0.1, -0.05) is 118 Å². The van der Waals surface area contributed by atoms with E-state index in [1.54, 1.807) is 11.0 Å². The van der Waals surface area contributed by atoms with Gasteiger partial charge in [0.1, 0.15) is 6.04 Å². The number of carbonyl (C=O) groups excluding carboxylic acids is 2. The van der Waals surface area contributed by atoms with E-state index in [1.165, 1.54) is 29.8 Å². The van der Waals surface area contributed by atoms with Crippen molar-refractivity contribution < 1.29 is 22.8 Å². The van der Waals surface area contributed by atoms with Crippen LogP contribution in [0.1, 0.15) is 54.0 Å². The largest absolute Gasteiger partial charge is 0.416 e. The smallest absolute Gasteiger partial charge is 0.338 e. The topological polar surface area (TPSA) is 43.9 Å². The molecule has 0 saturated carbocycles. The number of hydrogen-bond acceptors (Lipinski definition) is 3. The van der Waals surface area contributed by atoms with E-state index in [9.17, 15) is 22.8 Å². The van der Waals surface area contributed by atoms with Crippen molar-refractivity contribution in [1.82, 2.24) is 14.7 Å². The van der Waals surface area contributed by atoms with Gasteiger partial charge in [0.2, 0.25) is 11.8 Å². The Morgan fingerprint density at radius 3 is 2.12 bits per heavy atom. The number of rotatable bonds is 16. The van der Waals surface area contributed by atoms with E-state index < -0.39 is 23.7 Å². The van der Waals surface area contributed by atoms with Gasteiger partial charge in [0.25, 0.3) is 0 Å². The summed E-state index contributed by atoms with van der Waals surface area (Å²) in [5.41, 5.74) is 3.78. The number of hydrogen-bond donors (Lipinski definition) is 0. The first-order chi connectivity index (χ1) is 24.1. The fourth-order valence-electron chi connectivity index (χ4n) is 6.08. The molecular formula is C42H48F3N3O2. The van der Waals surface area contributed by atoms with Gasteiger partial charge in [-0.05, 0) is 58.9 Å². The Morgan fingerprint density at radius 2 is 1.52 bits per heavy atom. The van der Waals surface area contributed by atoms with Crippen LogP contribution in [0.25, 0.3) is 6.08 Å². The van der Waals surface area contributed by atoms with Crippen LogP contribution >= 0.6 is 0 Å². The maximum absolute atomic E-state index is 14.5. The number of alkyl halides is 3. The lowest BCUT2D eigenvalue weighted by atomic mass is 10.0. The molecule has 5 nitrogen and oxygen atoms in total. The van der Waals surface area contributed by atoms with Crippen LogP contribution in [-0.2, 0) is 35.2 Å². The van der Waals surface area contributed by atoms with E-state index in [4.69, 9.17) is 0 Å². The number of piperazine rings is 1. The molecule has 1 fully saturated rings. The maximum Gasteiger partial charge on any atom is 0.416 e. The summed E-state index contributed by atoms with van der Waals surface area (Å²) in [6.45, 7) is 13.1. The fraction of sp³-hybridized carbons (Fsp3) is 0.333. The summed E-state index contributed by atoms with van der Waals surface area (Å²) >= 11 is 0. The van der Waals surface area contributed by atoms with E-state index in [0.717, 1.165) is 54.5 Å². The first kappa shape index (κ1) is 38.1. The molecule has 0 bridgehead atoms. The second-order valence-corrected chi connectivity index (χ2v) is 12.7. The van der Waals surface area contributed by atoms with Gasteiger partial charge in [0, 0.05) is 51.8 Å². The van der Waals surface area contributed by atoms with Gasteiger partial charge in [-0.2, -0.15) is 13.2 Å².